The van der Waals surface area contributed by atoms with Crippen molar-refractivity contribution in [3.8, 4) is 0 Å². The number of carbonyl (C=O) groups excluding carboxylic acids is 2. The zero-order valence-electron chi connectivity index (χ0n) is 14.1. The van der Waals surface area contributed by atoms with Crippen molar-refractivity contribution in [1.82, 2.24) is 9.88 Å². The number of amides is 1. The highest BCUT2D eigenvalue weighted by atomic mass is 16.6. The molecule has 0 N–H and O–H groups in total. The molecule has 1 aromatic rings. The van der Waals surface area contributed by atoms with E-state index < -0.39 is 5.60 Å². The summed E-state index contributed by atoms with van der Waals surface area (Å²) in [6.45, 7) is 10.4. The van der Waals surface area contributed by atoms with Crippen molar-refractivity contribution in [1.29, 1.82) is 0 Å². The number of carbonyl (C=O) groups is 2. The van der Waals surface area contributed by atoms with E-state index in [9.17, 15) is 9.59 Å². The number of aromatic nitrogens is 1. The summed E-state index contributed by atoms with van der Waals surface area (Å²) in [5.41, 5.74) is 1.24. The third kappa shape index (κ3) is 3.16. The Balaban J connectivity index is 1.54. The van der Waals surface area contributed by atoms with Crippen LogP contribution >= 0.6 is 0 Å². The lowest BCUT2D eigenvalue weighted by Crippen LogP contribution is -2.73. The molecule has 0 radical (unpaired) electrons. The highest BCUT2D eigenvalue weighted by molar-refractivity contribution is 5.93. The number of pyridine rings is 1. The molecule has 6 heteroatoms. The van der Waals surface area contributed by atoms with Gasteiger partial charge >= 0.3 is 6.09 Å². The molecule has 0 aromatic carbocycles. The van der Waals surface area contributed by atoms with Crippen LogP contribution in [0.25, 0.3) is 0 Å². The zero-order valence-corrected chi connectivity index (χ0v) is 14.1. The maximum Gasteiger partial charge on any atom is 0.410 e. The van der Waals surface area contributed by atoms with Crippen LogP contribution < -0.4 is 4.90 Å². The molecule has 1 spiro atoms. The number of ketones is 1. The highest BCUT2D eigenvalue weighted by Gasteiger charge is 2.54. The third-order valence-electron chi connectivity index (χ3n) is 4.23. The molecule has 2 aliphatic heterocycles. The van der Waals surface area contributed by atoms with Crippen molar-refractivity contribution in [2.75, 3.05) is 31.1 Å². The summed E-state index contributed by atoms with van der Waals surface area (Å²) >= 11 is 0. The second-order valence-electron chi connectivity index (χ2n) is 7.65. The van der Waals surface area contributed by atoms with Crippen LogP contribution in [0.5, 0.6) is 0 Å². The number of nitrogens with zero attached hydrogens (tertiary/aromatic N) is 3. The fourth-order valence-electron chi connectivity index (χ4n) is 3.17. The number of Topliss-reactive ketones (excluding diaryl/α,β-unsaturated/α-hetero) is 1. The number of hydrogen-bond acceptors (Lipinski definition) is 5. The predicted octanol–water partition coefficient (Wildman–Crippen LogP) is 2.34. The summed E-state index contributed by atoms with van der Waals surface area (Å²) in [5.74, 6) is -0.0261. The van der Waals surface area contributed by atoms with E-state index in [1.165, 1.54) is 6.92 Å². The van der Waals surface area contributed by atoms with Crippen LogP contribution in [-0.2, 0) is 4.74 Å². The van der Waals surface area contributed by atoms with Gasteiger partial charge in [-0.3, -0.25) is 9.78 Å². The molecule has 1 amide bonds. The number of likely N-dealkylation sites (tertiary alicyclic amines) is 1. The van der Waals surface area contributed by atoms with Crippen molar-refractivity contribution >= 4 is 17.6 Å². The Morgan fingerprint density at radius 2 is 1.87 bits per heavy atom. The highest BCUT2D eigenvalue weighted by Crippen LogP contribution is 2.42. The van der Waals surface area contributed by atoms with Crippen molar-refractivity contribution in [3.05, 3.63) is 24.0 Å². The average Bonchev–Trinajstić information content (AvgIpc) is 2.33. The molecular weight excluding hydrogens is 294 g/mol. The Bertz CT molecular complexity index is 637. The van der Waals surface area contributed by atoms with Crippen LogP contribution in [0.1, 0.15) is 38.2 Å². The molecule has 0 unspecified atom stereocenters. The Morgan fingerprint density at radius 3 is 2.43 bits per heavy atom. The second-order valence-corrected chi connectivity index (χ2v) is 7.65. The van der Waals surface area contributed by atoms with Gasteiger partial charge in [-0.2, -0.15) is 0 Å². The largest absolute Gasteiger partial charge is 0.444 e. The molecule has 23 heavy (non-hydrogen) atoms. The first-order valence-electron chi connectivity index (χ1n) is 7.87. The lowest BCUT2D eigenvalue weighted by Gasteiger charge is -2.60. The summed E-state index contributed by atoms with van der Waals surface area (Å²) in [5, 5.41) is 0. The van der Waals surface area contributed by atoms with Gasteiger partial charge in [0.2, 0.25) is 0 Å². The van der Waals surface area contributed by atoms with Crippen LogP contribution in [0.4, 0.5) is 10.5 Å². The van der Waals surface area contributed by atoms with Gasteiger partial charge in [-0.1, -0.05) is 0 Å². The molecule has 124 valence electrons. The second kappa shape index (κ2) is 5.22. The smallest absolute Gasteiger partial charge is 0.410 e. The van der Waals surface area contributed by atoms with E-state index >= 15 is 0 Å². The minimum Gasteiger partial charge on any atom is -0.444 e. The maximum atomic E-state index is 12.0. The number of anilines is 1. The Morgan fingerprint density at radius 1 is 1.22 bits per heavy atom. The first-order valence-corrected chi connectivity index (χ1v) is 7.87. The summed E-state index contributed by atoms with van der Waals surface area (Å²) in [4.78, 5) is 31.5. The average molecular weight is 317 g/mol. The quantitative estimate of drug-likeness (QED) is 0.784. The van der Waals surface area contributed by atoms with Gasteiger partial charge in [0.15, 0.2) is 5.78 Å². The molecule has 6 nitrogen and oxygen atoms in total. The minimum absolute atomic E-state index is 0.0261. The van der Waals surface area contributed by atoms with Crippen molar-refractivity contribution < 1.29 is 14.3 Å². The van der Waals surface area contributed by atoms with Gasteiger partial charge in [-0.05, 0) is 32.9 Å². The number of hydrogen-bond donors (Lipinski definition) is 0. The van der Waals surface area contributed by atoms with Gasteiger partial charge in [0.1, 0.15) is 11.3 Å². The number of rotatable bonds is 2. The molecule has 3 rings (SSSR count). The van der Waals surface area contributed by atoms with Crippen LogP contribution in [-0.4, -0.2) is 53.5 Å². The maximum absolute atomic E-state index is 12.0. The predicted molar refractivity (Wildman–Crippen MR) is 86.7 cm³/mol. The molecule has 0 aliphatic carbocycles. The van der Waals surface area contributed by atoms with E-state index in [0.717, 1.165) is 31.9 Å². The standard InChI is InChI=1S/C17H23N3O3/c1-12(21)14-7-13(5-6-18-14)19-8-17(9-19)10-20(11-17)15(22)23-16(2,3)4/h5-7H,8-11H2,1-4H3. The molecule has 1 aromatic heterocycles. The minimum atomic E-state index is -0.453. The number of ether oxygens (including phenoxy) is 1. The molecule has 2 saturated heterocycles. The van der Waals surface area contributed by atoms with E-state index in [1.807, 2.05) is 32.9 Å². The first kappa shape index (κ1) is 15.8. The fourth-order valence-corrected chi connectivity index (χ4v) is 3.17. The SMILES string of the molecule is CC(=O)c1cc(N2CC3(CN(C(=O)OC(C)(C)C)C3)C2)ccn1. The molecule has 0 atom stereocenters. The van der Waals surface area contributed by atoms with Gasteiger partial charge in [-0.15, -0.1) is 0 Å². The van der Waals surface area contributed by atoms with E-state index in [1.54, 1.807) is 11.1 Å². The zero-order chi connectivity index (χ0) is 16.8. The molecule has 0 bridgehead atoms. The lowest BCUT2D eigenvalue weighted by molar-refractivity contribution is -0.0453. The Hall–Kier alpha value is -2.11. The Labute approximate surface area is 136 Å². The molecule has 2 fully saturated rings. The van der Waals surface area contributed by atoms with E-state index in [4.69, 9.17) is 4.74 Å². The van der Waals surface area contributed by atoms with Gasteiger partial charge in [-0.25, -0.2) is 4.79 Å². The van der Waals surface area contributed by atoms with E-state index in [-0.39, 0.29) is 17.3 Å². The van der Waals surface area contributed by atoms with Gasteiger partial charge < -0.3 is 14.5 Å². The first-order chi connectivity index (χ1) is 10.7. The fraction of sp³-hybridized carbons (Fsp3) is 0.588. The van der Waals surface area contributed by atoms with Crippen molar-refractivity contribution in [2.45, 2.75) is 33.3 Å². The van der Waals surface area contributed by atoms with E-state index in [0.29, 0.717) is 5.69 Å². The van der Waals surface area contributed by atoms with Crippen molar-refractivity contribution in [3.63, 3.8) is 0 Å². The molecule has 2 aliphatic rings. The molecule has 3 heterocycles. The van der Waals surface area contributed by atoms with Crippen LogP contribution in [0.3, 0.4) is 0 Å². The van der Waals surface area contributed by atoms with Crippen LogP contribution in [0.2, 0.25) is 0 Å². The summed E-state index contributed by atoms with van der Waals surface area (Å²) in [6, 6.07) is 3.75. The Kier molecular flexibility index (Phi) is 3.58. The third-order valence-corrected chi connectivity index (χ3v) is 4.23. The van der Waals surface area contributed by atoms with E-state index in [2.05, 4.69) is 9.88 Å². The lowest BCUT2D eigenvalue weighted by atomic mass is 9.73. The van der Waals surface area contributed by atoms with Gasteiger partial charge in [0.05, 0.1) is 0 Å². The topological polar surface area (TPSA) is 62.7 Å². The molecular formula is C17H23N3O3. The summed E-state index contributed by atoms with van der Waals surface area (Å²) in [6.07, 6.45) is 1.44. The van der Waals surface area contributed by atoms with Gasteiger partial charge in [0, 0.05) is 50.4 Å². The summed E-state index contributed by atoms with van der Waals surface area (Å²) in [7, 11) is 0. The van der Waals surface area contributed by atoms with Crippen molar-refractivity contribution in [2.24, 2.45) is 5.41 Å². The van der Waals surface area contributed by atoms with Gasteiger partial charge in [0.25, 0.3) is 0 Å². The normalized spacial score (nSPS) is 19.1. The molecule has 0 saturated carbocycles. The monoisotopic (exact) mass is 317 g/mol. The summed E-state index contributed by atoms with van der Waals surface area (Å²) < 4.78 is 5.38. The van der Waals surface area contributed by atoms with Crippen LogP contribution in [0, 0.1) is 5.41 Å². The van der Waals surface area contributed by atoms with Crippen LogP contribution in [0.15, 0.2) is 18.3 Å².